The molecule has 4 aromatic rings. The van der Waals surface area contributed by atoms with Gasteiger partial charge in [0.05, 0.1) is 10.2 Å². The van der Waals surface area contributed by atoms with Gasteiger partial charge in [-0.15, -0.1) is 11.3 Å². The van der Waals surface area contributed by atoms with Crippen molar-refractivity contribution in [2.45, 2.75) is 24.9 Å². The normalized spacial score (nSPS) is 14.2. The molecule has 0 unspecified atom stereocenters. The van der Waals surface area contributed by atoms with Crippen molar-refractivity contribution >= 4 is 21.6 Å². The topological polar surface area (TPSA) is 22.1 Å². The maximum atomic E-state index is 14.6. The standard InChI is InChI=1S/C23H12F7NOS/c24-14-5-12(22-31-18-4-3-11(10-1-2-10)7-19(18)33-22)6-15(25)20(14)23(29,30)32-13-8-16(26)21(28)17(27)9-13/h3-10H,1-2H2. The first kappa shape index (κ1) is 21.7. The second-order valence-corrected chi connectivity index (χ2v) is 8.69. The summed E-state index contributed by atoms with van der Waals surface area (Å²) in [5.41, 5.74) is -0.0553. The van der Waals surface area contributed by atoms with Crippen LogP contribution >= 0.6 is 11.3 Å². The number of thiazole rings is 1. The van der Waals surface area contributed by atoms with E-state index in [1.807, 2.05) is 12.1 Å². The van der Waals surface area contributed by atoms with E-state index in [1.54, 1.807) is 6.07 Å². The van der Waals surface area contributed by atoms with Crippen molar-refractivity contribution < 1.29 is 35.5 Å². The third kappa shape index (κ3) is 4.03. The zero-order chi connectivity index (χ0) is 23.5. The number of hydrogen-bond acceptors (Lipinski definition) is 3. The van der Waals surface area contributed by atoms with Gasteiger partial charge in [0.2, 0.25) is 0 Å². The average molecular weight is 483 g/mol. The molecule has 0 spiro atoms. The number of hydrogen-bond donors (Lipinski definition) is 0. The van der Waals surface area contributed by atoms with Crippen LogP contribution in [0.25, 0.3) is 20.8 Å². The first-order chi connectivity index (χ1) is 15.6. The lowest BCUT2D eigenvalue weighted by atomic mass is 10.1. The Morgan fingerprint density at radius 3 is 2.09 bits per heavy atom. The van der Waals surface area contributed by atoms with Gasteiger partial charge in [0.1, 0.15) is 28.0 Å². The van der Waals surface area contributed by atoms with Gasteiger partial charge in [-0.25, -0.2) is 26.9 Å². The molecule has 5 rings (SSSR count). The predicted octanol–water partition coefficient (Wildman–Crippen LogP) is 7.66. The minimum absolute atomic E-state index is 0.0578. The van der Waals surface area contributed by atoms with Crippen LogP contribution in [0.2, 0.25) is 0 Å². The molecule has 1 aromatic heterocycles. The highest BCUT2D eigenvalue weighted by atomic mass is 32.1. The second-order valence-electron chi connectivity index (χ2n) is 7.66. The molecule has 1 saturated carbocycles. The van der Waals surface area contributed by atoms with E-state index in [0.29, 0.717) is 23.6 Å². The third-order valence-electron chi connectivity index (χ3n) is 5.24. The second kappa shape index (κ2) is 7.72. The lowest BCUT2D eigenvalue weighted by molar-refractivity contribution is -0.189. The van der Waals surface area contributed by atoms with Gasteiger partial charge in [-0.2, -0.15) is 8.78 Å². The highest BCUT2D eigenvalue weighted by Crippen LogP contribution is 2.43. The minimum Gasteiger partial charge on any atom is -0.429 e. The Morgan fingerprint density at radius 1 is 0.848 bits per heavy atom. The monoisotopic (exact) mass is 483 g/mol. The number of halogens is 7. The highest BCUT2D eigenvalue weighted by molar-refractivity contribution is 7.21. The van der Waals surface area contributed by atoms with Crippen LogP contribution in [-0.4, -0.2) is 4.98 Å². The van der Waals surface area contributed by atoms with Crippen molar-refractivity contribution in [3.63, 3.8) is 0 Å². The van der Waals surface area contributed by atoms with Crippen LogP contribution in [0.3, 0.4) is 0 Å². The van der Waals surface area contributed by atoms with Crippen LogP contribution in [0.1, 0.15) is 29.9 Å². The molecule has 0 bridgehead atoms. The molecule has 0 amide bonds. The molecule has 170 valence electrons. The fourth-order valence-electron chi connectivity index (χ4n) is 3.50. The van der Waals surface area contributed by atoms with E-state index in [2.05, 4.69) is 9.72 Å². The largest absolute Gasteiger partial charge is 0.432 e. The fourth-order valence-corrected chi connectivity index (χ4v) is 4.50. The van der Waals surface area contributed by atoms with Gasteiger partial charge < -0.3 is 4.74 Å². The minimum atomic E-state index is -4.64. The molecular formula is C23H12F7NOS. The summed E-state index contributed by atoms with van der Waals surface area (Å²) >= 11 is 1.17. The van der Waals surface area contributed by atoms with E-state index in [0.717, 1.165) is 23.1 Å². The number of aromatic nitrogens is 1. The molecule has 1 aliphatic carbocycles. The van der Waals surface area contributed by atoms with E-state index in [1.165, 1.54) is 11.3 Å². The predicted molar refractivity (Wildman–Crippen MR) is 108 cm³/mol. The Morgan fingerprint density at radius 2 is 1.48 bits per heavy atom. The zero-order valence-corrected chi connectivity index (χ0v) is 17.3. The Hall–Kier alpha value is -3.14. The Bertz CT molecular complexity index is 1350. The number of rotatable bonds is 5. The summed E-state index contributed by atoms with van der Waals surface area (Å²) in [5, 5.41) is 0.231. The molecule has 2 nitrogen and oxygen atoms in total. The van der Waals surface area contributed by atoms with Crippen molar-refractivity contribution in [2.75, 3.05) is 0 Å². The van der Waals surface area contributed by atoms with Crippen LogP contribution in [-0.2, 0) is 6.11 Å². The zero-order valence-electron chi connectivity index (χ0n) is 16.4. The van der Waals surface area contributed by atoms with Crippen LogP contribution in [0.4, 0.5) is 30.7 Å². The number of nitrogens with zero attached hydrogens (tertiary/aromatic N) is 1. The van der Waals surface area contributed by atoms with Crippen molar-refractivity contribution in [3.05, 3.63) is 82.7 Å². The molecule has 0 N–H and O–H groups in total. The van der Waals surface area contributed by atoms with Gasteiger partial charge >= 0.3 is 6.11 Å². The van der Waals surface area contributed by atoms with Gasteiger partial charge in [-0.05, 0) is 48.6 Å². The molecule has 0 radical (unpaired) electrons. The quantitative estimate of drug-likeness (QED) is 0.215. The molecule has 1 fully saturated rings. The molecule has 33 heavy (non-hydrogen) atoms. The number of ether oxygens (including phenoxy) is 1. The van der Waals surface area contributed by atoms with Gasteiger partial charge in [-0.1, -0.05) is 6.07 Å². The highest BCUT2D eigenvalue weighted by Gasteiger charge is 2.41. The Labute approximate surface area is 186 Å². The summed E-state index contributed by atoms with van der Waals surface area (Å²) in [6.45, 7) is 0. The summed E-state index contributed by atoms with van der Waals surface area (Å²) in [6.07, 6.45) is -2.44. The maximum absolute atomic E-state index is 14.6. The number of fused-ring (bicyclic) bond motifs is 1. The molecule has 0 atom stereocenters. The van der Waals surface area contributed by atoms with Gasteiger partial charge in [0.25, 0.3) is 0 Å². The SMILES string of the molecule is Fc1cc(OC(F)(F)c2c(F)cc(-c3nc4ccc(C5CC5)cc4s3)cc2F)cc(F)c1F. The number of alkyl halides is 2. The molecular weight excluding hydrogens is 471 g/mol. The number of benzene rings is 3. The molecule has 1 aliphatic rings. The van der Waals surface area contributed by atoms with Crippen molar-refractivity contribution in [2.24, 2.45) is 0 Å². The first-order valence-corrected chi connectivity index (χ1v) is 10.6. The van der Waals surface area contributed by atoms with Crippen molar-refractivity contribution in [1.29, 1.82) is 0 Å². The molecule has 10 heteroatoms. The van der Waals surface area contributed by atoms with Crippen molar-refractivity contribution in [1.82, 2.24) is 4.98 Å². The van der Waals surface area contributed by atoms with Crippen molar-refractivity contribution in [3.8, 4) is 16.3 Å². The summed E-state index contributed by atoms with van der Waals surface area (Å²) in [7, 11) is 0. The fraction of sp³-hybridized carbons (Fsp3) is 0.174. The van der Waals surface area contributed by atoms with Crippen LogP contribution in [0.5, 0.6) is 5.75 Å². The van der Waals surface area contributed by atoms with E-state index in [9.17, 15) is 30.7 Å². The van der Waals surface area contributed by atoms with Crippen LogP contribution in [0.15, 0.2) is 42.5 Å². The van der Waals surface area contributed by atoms with E-state index < -0.39 is 46.5 Å². The summed E-state index contributed by atoms with van der Waals surface area (Å²) < 4.78 is 103. The molecule has 0 saturated heterocycles. The molecule has 3 aromatic carbocycles. The Balaban J connectivity index is 1.48. The van der Waals surface area contributed by atoms with Gasteiger partial charge in [0, 0.05) is 17.7 Å². The smallest absolute Gasteiger partial charge is 0.429 e. The van der Waals surface area contributed by atoms with Crippen LogP contribution < -0.4 is 4.74 Å². The maximum Gasteiger partial charge on any atom is 0.432 e. The molecule has 1 heterocycles. The summed E-state index contributed by atoms with van der Waals surface area (Å²) in [4.78, 5) is 4.32. The Kier molecular flexibility index (Phi) is 5.08. The summed E-state index contributed by atoms with van der Waals surface area (Å²) in [5.74, 6) is -9.41. The van der Waals surface area contributed by atoms with Crippen LogP contribution in [0, 0.1) is 29.1 Å². The molecule has 0 aliphatic heterocycles. The van der Waals surface area contributed by atoms with Gasteiger partial charge in [0.15, 0.2) is 17.5 Å². The average Bonchev–Trinajstić information content (AvgIpc) is 3.49. The third-order valence-corrected chi connectivity index (χ3v) is 6.31. The van der Waals surface area contributed by atoms with E-state index in [4.69, 9.17) is 0 Å². The lowest BCUT2D eigenvalue weighted by Crippen LogP contribution is -2.25. The first-order valence-electron chi connectivity index (χ1n) is 9.74. The summed E-state index contributed by atoms with van der Waals surface area (Å²) in [6, 6.07) is 7.35. The van der Waals surface area contributed by atoms with Gasteiger partial charge in [-0.3, -0.25) is 0 Å². The van der Waals surface area contributed by atoms with E-state index >= 15 is 0 Å². The van der Waals surface area contributed by atoms with E-state index in [-0.39, 0.29) is 22.7 Å². The lowest BCUT2D eigenvalue weighted by Gasteiger charge is -2.20.